The Bertz CT molecular complexity index is 957. The third-order valence-corrected chi connectivity index (χ3v) is 5.41. The summed E-state index contributed by atoms with van der Waals surface area (Å²) in [5.74, 6) is 1.23. The van der Waals surface area contributed by atoms with Crippen molar-refractivity contribution in [2.24, 2.45) is 0 Å². The number of carbonyl (C=O) groups excluding carboxylic acids is 1. The summed E-state index contributed by atoms with van der Waals surface area (Å²) in [6.07, 6.45) is 4.13. The van der Waals surface area contributed by atoms with Crippen LogP contribution in [0, 0.1) is 0 Å². The van der Waals surface area contributed by atoms with E-state index in [0.717, 1.165) is 47.8 Å². The first-order valence-corrected chi connectivity index (χ1v) is 10.0. The first kappa shape index (κ1) is 19.1. The fourth-order valence-electron chi connectivity index (χ4n) is 3.82. The smallest absolute Gasteiger partial charge is 0.228 e. The second-order valence-corrected chi connectivity index (χ2v) is 7.35. The highest BCUT2D eigenvalue weighted by molar-refractivity contribution is 5.78. The van der Waals surface area contributed by atoms with Crippen LogP contribution >= 0.6 is 0 Å². The maximum atomic E-state index is 12.7. The molecule has 0 saturated carbocycles. The van der Waals surface area contributed by atoms with E-state index in [1.807, 2.05) is 53.4 Å². The number of nitrogens with zero attached hydrogens (tertiary/aromatic N) is 3. The highest BCUT2D eigenvalue weighted by Gasteiger charge is 2.26. The van der Waals surface area contributed by atoms with Gasteiger partial charge in [0, 0.05) is 42.2 Å². The van der Waals surface area contributed by atoms with E-state index in [1.165, 1.54) is 0 Å². The summed E-state index contributed by atoms with van der Waals surface area (Å²) in [6, 6.07) is 19.8. The van der Waals surface area contributed by atoms with Gasteiger partial charge in [-0.25, -0.2) is 0 Å². The molecular formula is C24H25N3O2. The van der Waals surface area contributed by atoms with Gasteiger partial charge < -0.3 is 9.64 Å². The Balaban J connectivity index is 1.47. The molecule has 1 aliphatic heterocycles. The molecule has 4 rings (SSSR count). The first-order valence-electron chi connectivity index (χ1n) is 10.0. The van der Waals surface area contributed by atoms with Gasteiger partial charge in [0.1, 0.15) is 5.75 Å². The Labute approximate surface area is 171 Å². The average Bonchev–Trinajstić information content (AvgIpc) is 2.80. The number of ether oxygens (including phenoxy) is 1. The lowest BCUT2D eigenvalue weighted by atomic mass is 9.93. The molecule has 5 nitrogen and oxygen atoms in total. The highest BCUT2D eigenvalue weighted by atomic mass is 16.5. The number of hydrogen-bond donors (Lipinski definition) is 0. The monoisotopic (exact) mass is 387 g/mol. The molecule has 29 heavy (non-hydrogen) atoms. The number of aromatic nitrogens is 2. The van der Waals surface area contributed by atoms with Gasteiger partial charge in [-0.15, -0.1) is 0 Å². The quantitative estimate of drug-likeness (QED) is 0.661. The number of likely N-dealkylation sites (tertiary alicyclic amines) is 1. The standard InChI is InChI=1S/C24H25N3O2/c1-29-21-12-10-18(11-13-21)22-8-4-9-23(26-22)19-6-5-15-27(17-19)24(28)16-20-7-2-3-14-25-20/h2-4,7-14,19H,5-6,15-17H2,1H3/t19-/m0/s1. The van der Waals surface area contributed by atoms with Gasteiger partial charge in [-0.05, 0) is 61.4 Å². The Morgan fingerprint density at radius 3 is 2.72 bits per heavy atom. The summed E-state index contributed by atoms with van der Waals surface area (Å²) < 4.78 is 5.24. The van der Waals surface area contributed by atoms with E-state index in [4.69, 9.17) is 9.72 Å². The molecule has 0 bridgehead atoms. The van der Waals surface area contributed by atoms with Gasteiger partial charge in [-0.1, -0.05) is 12.1 Å². The van der Waals surface area contributed by atoms with E-state index in [-0.39, 0.29) is 11.8 Å². The van der Waals surface area contributed by atoms with Crippen LogP contribution in [0.1, 0.15) is 30.1 Å². The molecule has 5 heteroatoms. The van der Waals surface area contributed by atoms with Gasteiger partial charge in [0.05, 0.1) is 19.2 Å². The summed E-state index contributed by atoms with van der Waals surface area (Å²) in [4.78, 5) is 23.9. The van der Waals surface area contributed by atoms with Crippen molar-refractivity contribution in [3.63, 3.8) is 0 Å². The molecule has 1 amide bonds. The zero-order valence-corrected chi connectivity index (χ0v) is 16.6. The molecule has 1 saturated heterocycles. The van der Waals surface area contributed by atoms with Crippen molar-refractivity contribution in [1.82, 2.24) is 14.9 Å². The number of piperidine rings is 1. The van der Waals surface area contributed by atoms with Crippen molar-refractivity contribution in [1.29, 1.82) is 0 Å². The SMILES string of the molecule is COc1ccc(-c2cccc([C@H]3CCCN(C(=O)Cc4ccccn4)C3)n2)cc1. The Morgan fingerprint density at radius 1 is 1.10 bits per heavy atom. The average molecular weight is 387 g/mol. The molecule has 3 heterocycles. The molecule has 2 aromatic heterocycles. The number of amides is 1. The van der Waals surface area contributed by atoms with Crippen LogP contribution in [-0.4, -0.2) is 41.0 Å². The van der Waals surface area contributed by atoms with Crippen molar-refractivity contribution < 1.29 is 9.53 Å². The highest BCUT2D eigenvalue weighted by Crippen LogP contribution is 2.28. The molecule has 0 N–H and O–H groups in total. The normalized spacial score (nSPS) is 16.4. The molecule has 0 aliphatic carbocycles. The van der Waals surface area contributed by atoms with Gasteiger partial charge in [-0.3, -0.25) is 14.8 Å². The minimum absolute atomic E-state index is 0.139. The van der Waals surface area contributed by atoms with Crippen LogP contribution in [0.15, 0.2) is 66.9 Å². The summed E-state index contributed by atoms with van der Waals surface area (Å²) in [7, 11) is 1.66. The van der Waals surface area contributed by atoms with Crippen LogP contribution in [-0.2, 0) is 11.2 Å². The van der Waals surface area contributed by atoms with E-state index in [1.54, 1.807) is 13.3 Å². The topological polar surface area (TPSA) is 55.3 Å². The van der Waals surface area contributed by atoms with Crippen molar-refractivity contribution in [3.05, 3.63) is 78.2 Å². The van der Waals surface area contributed by atoms with Gasteiger partial charge in [-0.2, -0.15) is 0 Å². The second kappa shape index (κ2) is 8.86. The Hall–Kier alpha value is -3.21. The van der Waals surface area contributed by atoms with Crippen LogP contribution in [0.2, 0.25) is 0 Å². The number of pyridine rings is 2. The lowest BCUT2D eigenvalue weighted by Crippen LogP contribution is -2.40. The summed E-state index contributed by atoms with van der Waals surface area (Å²) in [5, 5.41) is 0. The van der Waals surface area contributed by atoms with Crippen molar-refractivity contribution in [3.8, 4) is 17.0 Å². The van der Waals surface area contributed by atoms with E-state index in [2.05, 4.69) is 17.1 Å². The summed E-state index contributed by atoms with van der Waals surface area (Å²) in [5.41, 5.74) is 3.88. The number of rotatable bonds is 5. The maximum Gasteiger partial charge on any atom is 0.228 e. The zero-order chi connectivity index (χ0) is 20.1. The van der Waals surface area contributed by atoms with Gasteiger partial charge in [0.2, 0.25) is 5.91 Å². The van der Waals surface area contributed by atoms with Gasteiger partial charge in [0.15, 0.2) is 0 Å². The molecule has 1 fully saturated rings. The third kappa shape index (κ3) is 4.62. The molecule has 0 radical (unpaired) electrons. The molecule has 3 aromatic rings. The Kier molecular flexibility index (Phi) is 5.84. The minimum atomic E-state index is 0.139. The fourth-order valence-corrected chi connectivity index (χ4v) is 3.82. The van der Waals surface area contributed by atoms with Crippen molar-refractivity contribution >= 4 is 5.91 Å². The van der Waals surface area contributed by atoms with Gasteiger partial charge in [0.25, 0.3) is 0 Å². The lowest BCUT2D eigenvalue weighted by molar-refractivity contribution is -0.131. The van der Waals surface area contributed by atoms with Crippen LogP contribution in [0.25, 0.3) is 11.3 Å². The van der Waals surface area contributed by atoms with Crippen LogP contribution in [0.5, 0.6) is 5.75 Å². The summed E-state index contributed by atoms with van der Waals surface area (Å²) >= 11 is 0. The fraction of sp³-hybridized carbons (Fsp3) is 0.292. The minimum Gasteiger partial charge on any atom is -0.497 e. The zero-order valence-electron chi connectivity index (χ0n) is 16.6. The van der Waals surface area contributed by atoms with Crippen molar-refractivity contribution in [2.45, 2.75) is 25.2 Å². The summed E-state index contributed by atoms with van der Waals surface area (Å²) in [6.45, 7) is 1.52. The molecule has 1 aromatic carbocycles. The predicted octanol–water partition coefficient (Wildman–Crippen LogP) is 4.10. The predicted molar refractivity (Wildman–Crippen MR) is 113 cm³/mol. The van der Waals surface area contributed by atoms with Crippen LogP contribution in [0.4, 0.5) is 0 Å². The molecular weight excluding hydrogens is 362 g/mol. The largest absolute Gasteiger partial charge is 0.497 e. The number of methoxy groups -OCH3 is 1. The molecule has 1 atom stereocenters. The molecule has 1 aliphatic rings. The van der Waals surface area contributed by atoms with E-state index in [9.17, 15) is 4.79 Å². The third-order valence-electron chi connectivity index (χ3n) is 5.41. The second-order valence-electron chi connectivity index (χ2n) is 7.35. The number of hydrogen-bond acceptors (Lipinski definition) is 4. The van der Waals surface area contributed by atoms with Crippen molar-refractivity contribution in [2.75, 3.05) is 20.2 Å². The van der Waals surface area contributed by atoms with Crippen LogP contribution in [0.3, 0.4) is 0 Å². The van der Waals surface area contributed by atoms with E-state index < -0.39 is 0 Å². The Morgan fingerprint density at radius 2 is 1.97 bits per heavy atom. The first-order chi connectivity index (χ1) is 14.2. The molecule has 0 spiro atoms. The number of carbonyl (C=O) groups is 1. The van der Waals surface area contributed by atoms with Crippen LogP contribution < -0.4 is 4.74 Å². The lowest BCUT2D eigenvalue weighted by Gasteiger charge is -2.32. The maximum absolute atomic E-state index is 12.7. The number of benzene rings is 1. The molecule has 0 unspecified atom stereocenters. The van der Waals surface area contributed by atoms with E-state index >= 15 is 0 Å². The van der Waals surface area contributed by atoms with Gasteiger partial charge >= 0.3 is 0 Å². The van der Waals surface area contributed by atoms with E-state index in [0.29, 0.717) is 13.0 Å². The molecule has 148 valence electrons.